The first-order valence-corrected chi connectivity index (χ1v) is 8.50. The minimum Gasteiger partial charge on any atom is -0.350 e. The number of carbonyl (C=O) groups is 1. The molecule has 4 nitrogen and oxygen atoms in total. The van der Waals surface area contributed by atoms with E-state index in [0.29, 0.717) is 16.6 Å². The van der Waals surface area contributed by atoms with Crippen LogP contribution in [0.2, 0.25) is 10.0 Å². The molecule has 0 spiro atoms. The summed E-state index contributed by atoms with van der Waals surface area (Å²) in [5.74, 6) is 0.0276. The van der Waals surface area contributed by atoms with Crippen LogP contribution in [-0.2, 0) is 16.8 Å². The molecule has 2 heterocycles. The van der Waals surface area contributed by atoms with E-state index in [9.17, 15) is 4.79 Å². The molecule has 0 bridgehead atoms. The lowest BCUT2D eigenvalue weighted by molar-refractivity contribution is -0.123. The quantitative estimate of drug-likeness (QED) is 0.765. The lowest BCUT2D eigenvalue weighted by Gasteiger charge is -2.15. The lowest BCUT2D eigenvalue weighted by atomic mass is 9.95. The average Bonchev–Trinajstić information content (AvgIpc) is 3.28. The van der Waals surface area contributed by atoms with E-state index in [0.717, 1.165) is 29.7 Å². The van der Waals surface area contributed by atoms with Crippen LogP contribution in [0.4, 0.5) is 0 Å². The minimum atomic E-state index is -0.437. The van der Waals surface area contributed by atoms with E-state index in [1.165, 1.54) is 0 Å². The van der Waals surface area contributed by atoms with Gasteiger partial charge in [0.05, 0.1) is 22.7 Å². The van der Waals surface area contributed by atoms with Gasteiger partial charge in [-0.05, 0) is 42.7 Å². The Morgan fingerprint density at radius 3 is 2.75 bits per heavy atom. The van der Waals surface area contributed by atoms with Crippen molar-refractivity contribution in [1.29, 1.82) is 0 Å². The van der Waals surface area contributed by atoms with Crippen molar-refractivity contribution >= 4 is 34.8 Å². The highest BCUT2D eigenvalue weighted by Crippen LogP contribution is 2.48. The molecule has 1 saturated carbocycles. The summed E-state index contributed by atoms with van der Waals surface area (Å²) in [5.41, 5.74) is 2.15. The van der Waals surface area contributed by atoms with Gasteiger partial charge < -0.3 is 9.72 Å². The fourth-order valence-corrected chi connectivity index (χ4v) is 3.36. The van der Waals surface area contributed by atoms with E-state index in [-0.39, 0.29) is 5.91 Å². The SMILES string of the molecule is O=C(NCc1cn2cc(Cl)ccc2n1)C1(c2cccc(Cl)c2)CC1. The van der Waals surface area contributed by atoms with Crippen LogP contribution in [0.5, 0.6) is 0 Å². The average molecular weight is 360 g/mol. The van der Waals surface area contributed by atoms with Crippen molar-refractivity contribution in [3.8, 4) is 0 Å². The number of amides is 1. The smallest absolute Gasteiger partial charge is 0.230 e. The van der Waals surface area contributed by atoms with Gasteiger partial charge in [0.1, 0.15) is 5.65 Å². The van der Waals surface area contributed by atoms with Crippen LogP contribution in [0.15, 0.2) is 48.8 Å². The molecule has 6 heteroatoms. The highest BCUT2D eigenvalue weighted by Gasteiger charge is 2.51. The third-order valence-electron chi connectivity index (χ3n) is 4.46. The predicted molar refractivity (Wildman–Crippen MR) is 94.4 cm³/mol. The summed E-state index contributed by atoms with van der Waals surface area (Å²) in [6, 6.07) is 11.2. The highest BCUT2D eigenvalue weighted by atomic mass is 35.5. The molecule has 1 aliphatic rings. The van der Waals surface area contributed by atoms with Crippen molar-refractivity contribution in [3.05, 3.63) is 70.1 Å². The van der Waals surface area contributed by atoms with Crippen molar-refractivity contribution in [3.63, 3.8) is 0 Å². The Hall–Kier alpha value is -2.04. The van der Waals surface area contributed by atoms with Crippen molar-refractivity contribution in [2.75, 3.05) is 0 Å². The third-order valence-corrected chi connectivity index (χ3v) is 4.92. The molecule has 1 fully saturated rings. The first kappa shape index (κ1) is 15.5. The van der Waals surface area contributed by atoms with E-state index in [4.69, 9.17) is 23.2 Å². The van der Waals surface area contributed by atoms with E-state index in [1.54, 1.807) is 12.3 Å². The zero-order chi connectivity index (χ0) is 16.7. The van der Waals surface area contributed by atoms with Gasteiger partial charge in [0.15, 0.2) is 0 Å². The zero-order valence-electron chi connectivity index (χ0n) is 12.8. The second kappa shape index (κ2) is 5.80. The Balaban J connectivity index is 1.49. The Morgan fingerprint density at radius 1 is 1.17 bits per heavy atom. The number of nitrogens with one attached hydrogen (secondary N) is 1. The number of nitrogens with zero attached hydrogens (tertiary/aromatic N) is 2. The van der Waals surface area contributed by atoms with Crippen LogP contribution < -0.4 is 5.32 Å². The van der Waals surface area contributed by atoms with Gasteiger partial charge >= 0.3 is 0 Å². The summed E-state index contributed by atoms with van der Waals surface area (Å²) in [4.78, 5) is 17.2. The number of pyridine rings is 1. The lowest BCUT2D eigenvalue weighted by Crippen LogP contribution is -2.34. The summed E-state index contributed by atoms with van der Waals surface area (Å²) < 4.78 is 1.85. The molecule has 0 atom stereocenters. The van der Waals surface area contributed by atoms with Gasteiger partial charge in [-0.15, -0.1) is 0 Å². The number of benzene rings is 1. The highest BCUT2D eigenvalue weighted by molar-refractivity contribution is 6.30. The number of imidazole rings is 1. The third kappa shape index (κ3) is 2.76. The van der Waals surface area contributed by atoms with Crippen molar-refractivity contribution in [2.45, 2.75) is 24.8 Å². The van der Waals surface area contributed by atoms with E-state index >= 15 is 0 Å². The number of carbonyl (C=O) groups excluding carboxylic acids is 1. The summed E-state index contributed by atoms with van der Waals surface area (Å²) in [5, 5.41) is 4.31. The molecule has 1 amide bonds. The number of hydrogen-bond donors (Lipinski definition) is 1. The largest absolute Gasteiger partial charge is 0.350 e. The van der Waals surface area contributed by atoms with Crippen LogP contribution >= 0.6 is 23.2 Å². The van der Waals surface area contributed by atoms with E-state index in [2.05, 4.69) is 10.3 Å². The zero-order valence-corrected chi connectivity index (χ0v) is 14.3. The van der Waals surface area contributed by atoms with Crippen molar-refractivity contribution in [2.24, 2.45) is 0 Å². The molecule has 0 saturated heterocycles. The summed E-state index contributed by atoms with van der Waals surface area (Å²) >= 11 is 12.0. The standard InChI is InChI=1S/C18H15Cl2N3O/c19-13-3-1-2-12(8-13)18(6-7-18)17(24)21-9-15-11-23-10-14(20)4-5-16(23)22-15/h1-5,8,10-11H,6-7,9H2,(H,21,24). The molecule has 2 aromatic heterocycles. The van der Waals surface area contributed by atoms with E-state index < -0.39 is 5.41 Å². The molecule has 122 valence electrons. The van der Waals surface area contributed by atoms with E-state index in [1.807, 2.05) is 40.9 Å². The summed E-state index contributed by atoms with van der Waals surface area (Å²) in [6.45, 7) is 0.389. The molecular weight excluding hydrogens is 345 g/mol. The number of halogens is 2. The van der Waals surface area contributed by atoms with Gasteiger partial charge in [-0.3, -0.25) is 4.79 Å². The molecule has 24 heavy (non-hydrogen) atoms. The van der Waals surface area contributed by atoms with Crippen molar-refractivity contribution < 1.29 is 4.79 Å². The molecule has 0 aliphatic heterocycles. The molecule has 0 radical (unpaired) electrons. The van der Waals surface area contributed by atoms with Crippen LogP contribution in [0.3, 0.4) is 0 Å². The number of rotatable bonds is 4. The Labute approximate surface area is 149 Å². The molecular formula is C18H15Cl2N3O. The number of aromatic nitrogens is 2. The predicted octanol–water partition coefficient (Wildman–Crippen LogP) is 3.99. The number of hydrogen-bond acceptors (Lipinski definition) is 2. The van der Waals surface area contributed by atoms with Gasteiger partial charge in [0.25, 0.3) is 0 Å². The fraction of sp³-hybridized carbons (Fsp3) is 0.222. The molecule has 3 aromatic rings. The van der Waals surface area contributed by atoms with Crippen molar-refractivity contribution in [1.82, 2.24) is 14.7 Å². The monoisotopic (exact) mass is 359 g/mol. The summed E-state index contributed by atoms with van der Waals surface area (Å²) in [7, 11) is 0. The second-order valence-electron chi connectivity index (χ2n) is 6.12. The molecule has 1 aromatic carbocycles. The first-order chi connectivity index (χ1) is 11.6. The number of fused-ring (bicyclic) bond motifs is 1. The van der Waals surface area contributed by atoms with Gasteiger partial charge in [-0.25, -0.2) is 4.98 Å². The van der Waals surface area contributed by atoms with Gasteiger partial charge in [-0.2, -0.15) is 0 Å². The topological polar surface area (TPSA) is 46.4 Å². The molecule has 1 aliphatic carbocycles. The van der Waals surface area contributed by atoms with Gasteiger partial charge in [-0.1, -0.05) is 35.3 Å². The second-order valence-corrected chi connectivity index (χ2v) is 6.99. The Morgan fingerprint density at radius 2 is 2.00 bits per heavy atom. The van der Waals surface area contributed by atoms with Gasteiger partial charge in [0.2, 0.25) is 5.91 Å². The molecule has 1 N–H and O–H groups in total. The van der Waals surface area contributed by atoms with Crippen LogP contribution in [0.1, 0.15) is 24.1 Å². The van der Waals surface area contributed by atoms with Crippen LogP contribution in [-0.4, -0.2) is 15.3 Å². The van der Waals surface area contributed by atoms with Crippen LogP contribution in [0.25, 0.3) is 5.65 Å². The molecule has 0 unspecified atom stereocenters. The Bertz CT molecular complexity index is 931. The fourth-order valence-electron chi connectivity index (χ4n) is 3.00. The maximum atomic E-state index is 12.7. The first-order valence-electron chi connectivity index (χ1n) is 7.74. The maximum absolute atomic E-state index is 12.7. The minimum absolute atomic E-state index is 0.0276. The molecule has 4 rings (SSSR count). The Kier molecular flexibility index (Phi) is 3.74. The summed E-state index contributed by atoms with van der Waals surface area (Å²) in [6.07, 6.45) is 5.36. The maximum Gasteiger partial charge on any atom is 0.230 e. The van der Waals surface area contributed by atoms with Gasteiger partial charge in [0, 0.05) is 17.4 Å². The normalized spacial score (nSPS) is 15.4. The van der Waals surface area contributed by atoms with Crippen LogP contribution in [0, 0.1) is 0 Å².